The first-order chi connectivity index (χ1) is 14.0. The third-order valence-corrected chi connectivity index (χ3v) is 5.38. The van der Waals surface area contributed by atoms with Crippen LogP contribution in [0.3, 0.4) is 0 Å². The van der Waals surface area contributed by atoms with Gasteiger partial charge in [-0.25, -0.2) is 0 Å². The molecular formula is C22H26N6O. The molecule has 150 valence electrons. The predicted octanol–water partition coefficient (Wildman–Crippen LogP) is 2.88. The standard InChI is InChI=1S/C22H26N6O/c1-15-9-18(17-6-7-19(24-12-17)22(29)23-2)10-20(26-15)21-5-4-8-28(21)14-16-11-25-27(3)13-16/h6-7,9-13,21H,4-5,8,14H2,1-3H3,(H,23,29)/t21-/m1/s1. The van der Waals surface area contributed by atoms with Crippen molar-refractivity contribution >= 4 is 5.91 Å². The lowest BCUT2D eigenvalue weighted by Gasteiger charge is -2.24. The Kier molecular flexibility index (Phi) is 5.40. The van der Waals surface area contributed by atoms with E-state index < -0.39 is 0 Å². The van der Waals surface area contributed by atoms with Crippen LogP contribution in [-0.4, -0.2) is 44.1 Å². The SMILES string of the molecule is CNC(=O)c1ccc(-c2cc(C)nc([C@H]3CCCN3Cc3cnn(C)c3)c2)cn1. The van der Waals surface area contributed by atoms with Crippen LogP contribution in [-0.2, 0) is 13.6 Å². The van der Waals surface area contributed by atoms with E-state index in [2.05, 4.69) is 38.6 Å². The van der Waals surface area contributed by atoms with Gasteiger partial charge in [-0.15, -0.1) is 0 Å². The fourth-order valence-electron chi connectivity index (χ4n) is 4.00. The topological polar surface area (TPSA) is 75.9 Å². The van der Waals surface area contributed by atoms with Crippen molar-refractivity contribution in [2.45, 2.75) is 32.4 Å². The molecule has 1 N–H and O–H groups in total. The van der Waals surface area contributed by atoms with E-state index in [1.54, 1.807) is 19.3 Å². The summed E-state index contributed by atoms with van der Waals surface area (Å²) < 4.78 is 1.85. The summed E-state index contributed by atoms with van der Waals surface area (Å²) in [5.41, 5.74) is 5.79. The maximum Gasteiger partial charge on any atom is 0.269 e. The van der Waals surface area contributed by atoms with Crippen molar-refractivity contribution < 1.29 is 4.79 Å². The summed E-state index contributed by atoms with van der Waals surface area (Å²) in [6.07, 6.45) is 8.03. The van der Waals surface area contributed by atoms with Crippen LogP contribution in [0.2, 0.25) is 0 Å². The van der Waals surface area contributed by atoms with Gasteiger partial charge in [-0.05, 0) is 50.1 Å². The molecule has 1 aliphatic rings. The number of aryl methyl sites for hydroxylation is 2. The third kappa shape index (κ3) is 4.19. The number of rotatable bonds is 5. The number of hydrogen-bond donors (Lipinski definition) is 1. The minimum Gasteiger partial charge on any atom is -0.354 e. The zero-order valence-electron chi connectivity index (χ0n) is 17.1. The van der Waals surface area contributed by atoms with Gasteiger partial charge in [-0.2, -0.15) is 5.10 Å². The predicted molar refractivity (Wildman–Crippen MR) is 111 cm³/mol. The molecule has 4 rings (SSSR count). The molecule has 0 bridgehead atoms. The maximum absolute atomic E-state index is 11.7. The Hall–Kier alpha value is -3.06. The molecule has 1 aliphatic heterocycles. The van der Waals surface area contributed by atoms with Crippen LogP contribution >= 0.6 is 0 Å². The molecule has 0 aliphatic carbocycles. The molecule has 0 unspecified atom stereocenters. The van der Waals surface area contributed by atoms with Gasteiger partial charge < -0.3 is 5.32 Å². The zero-order chi connectivity index (χ0) is 20.4. The first-order valence-electron chi connectivity index (χ1n) is 9.92. The smallest absolute Gasteiger partial charge is 0.269 e. The van der Waals surface area contributed by atoms with E-state index in [0.717, 1.165) is 48.4 Å². The summed E-state index contributed by atoms with van der Waals surface area (Å²) in [5, 5.41) is 6.89. The third-order valence-electron chi connectivity index (χ3n) is 5.38. The molecule has 3 aromatic heterocycles. The van der Waals surface area contributed by atoms with Gasteiger partial charge in [0.15, 0.2) is 0 Å². The van der Waals surface area contributed by atoms with Gasteiger partial charge in [0.25, 0.3) is 5.91 Å². The summed E-state index contributed by atoms with van der Waals surface area (Å²) in [7, 11) is 3.55. The molecule has 1 atom stereocenters. The van der Waals surface area contributed by atoms with Gasteiger partial charge in [0.05, 0.1) is 17.9 Å². The highest BCUT2D eigenvalue weighted by molar-refractivity contribution is 5.92. The number of nitrogens with zero attached hydrogens (tertiary/aromatic N) is 5. The van der Waals surface area contributed by atoms with Crippen molar-refractivity contribution in [3.8, 4) is 11.1 Å². The second-order valence-electron chi connectivity index (χ2n) is 7.58. The van der Waals surface area contributed by atoms with E-state index in [1.807, 2.05) is 30.9 Å². The average Bonchev–Trinajstić information content (AvgIpc) is 3.36. The Balaban J connectivity index is 1.60. The van der Waals surface area contributed by atoms with E-state index in [0.29, 0.717) is 11.7 Å². The quantitative estimate of drug-likeness (QED) is 0.725. The molecule has 1 saturated heterocycles. The Labute approximate surface area is 170 Å². The lowest BCUT2D eigenvalue weighted by molar-refractivity contribution is 0.0958. The first-order valence-corrected chi connectivity index (χ1v) is 9.92. The molecule has 7 nitrogen and oxygen atoms in total. The van der Waals surface area contributed by atoms with Crippen LogP contribution in [0.25, 0.3) is 11.1 Å². The van der Waals surface area contributed by atoms with Crippen LogP contribution in [0.15, 0.2) is 42.9 Å². The molecule has 0 aromatic carbocycles. The largest absolute Gasteiger partial charge is 0.354 e. The molecule has 3 aromatic rings. The molecule has 4 heterocycles. The number of carbonyl (C=O) groups is 1. The molecule has 7 heteroatoms. The Bertz CT molecular complexity index is 1010. The highest BCUT2D eigenvalue weighted by Crippen LogP contribution is 2.34. The van der Waals surface area contributed by atoms with Gasteiger partial charge in [-0.1, -0.05) is 6.07 Å². The highest BCUT2D eigenvalue weighted by Gasteiger charge is 2.28. The average molecular weight is 390 g/mol. The molecule has 0 radical (unpaired) electrons. The zero-order valence-corrected chi connectivity index (χ0v) is 17.1. The first kappa shape index (κ1) is 19.3. The lowest BCUT2D eigenvalue weighted by Crippen LogP contribution is -2.23. The van der Waals surface area contributed by atoms with Gasteiger partial charge >= 0.3 is 0 Å². The molecule has 0 saturated carbocycles. The second-order valence-corrected chi connectivity index (χ2v) is 7.58. The van der Waals surface area contributed by atoms with E-state index in [9.17, 15) is 4.79 Å². The highest BCUT2D eigenvalue weighted by atomic mass is 16.1. The van der Waals surface area contributed by atoms with Crippen LogP contribution in [0, 0.1) is 6.92 Å². The number of likely N-dealkylation sites (tertiary alicyclic amines) is 1. The van der Waals surface area contributed by atoms with E-state index in [-0.39, 0.29) is 5.91 Å². The summed E-state index contributed by atoms with van der Waals surface area (Å²) in [5.74, 6) is -0.180. The van der Waals surface area contributed by atoms with Crippen LogP contribution in [0.4, 0.5) is 0 Å². The number of hydrogen-bond acceptors (Lipinski definition) is 5. The van der Waals surface area contributed by atoms with E-state index >= 15 is 0 Å². The maximum atomic E-state index is 11.7. The van der Waals surface area contributed by atoms with Crippen LogP contribution in [0.5, 0.6) is 0 Å². The Morgan fingerprint density at radius 1 is 1.24 bits per heavy atom. The van der Waals surface area contributed by atoms with Crippen molar-refractivity contribution in [3.63, 3.8) is 0 Å². The minimum absolute atomic E-state index is 0.180. The van der Waals surface area contributed by atoms with Crippen molar-refractivity contribution in [1.82, 2.24) is 30.0 Å². The van der Waals surface area contributed by atoms with Crippen LogP contribution < -0.4 is 5.32 Å². The number of amides is 1. The van der Waals surface area contributed by atoms with Crippen molar-refractivity contribution in [2.75, 3.05) is 13.6 Å². The molecular weight excluding hydrogens is 364 g/mol. The number of pyridine rings is 2. The van der Waals surface area contributed by atoms with Gasteiger partial charge in [-0.3, -0.25) is 24.3 Å². The van der Waals surface area contributed by atoms with Crippen molar-refractivity contribution in [3.05, 3.63) is 65.5 Å². The molecule has 1 amide bonds. The van der Waals surface area contributed by atoms with Gasteiger partial charge in [0.1, 0.15) is 5.69 Å². The molecule has 0 spiro atoms. The number of aromatic nitrogens is 4. The van der Waals surface area contributed by atoms with Crippen LogP contribution in [0.1, 0.15) is 46.3 Å². The molecule has 29 heavy (non-hydrogen) atoms. The van der Waals surface area contributed by atoms with E-state index in [4.69, 9.17) is 4.98 Å². The molecule has 1 fully saturated rings. The summed E-state index contributed by atoms with van der Waals surface area (Å²) in [4.78, 5) is 23.4. The lowest BCUT2D eigenvalue weighted by atomic mass is 10.0. The summed E-state index contributed by atoms with van der Waals surface area (Å²) >= 11 is 0. The monoisotopic (exact) mass is 390 g/mol. The summed E-state index contributed by atoms with van der Waals surface area (Å²) in [6.45, 7) is 3.97. The number of carbonyl (C=O) groups excluding carboxylic acids is 1. The van der Waals surface area contributed by atoms with Gasteiger partial charge in [0, 0.05) is 49.9 Å². The van der Waals surface area contributed by atoms with Crippen molar-refractivity contribution in [2.24, 2.45) is 7.05 Å². The number of nitrogens with one attached hydrogen (secondary N) is 1. The van der Waals surface area contributed by atoms with Crippen molar-refractivity contribution in [1.29, 1.82) is 0 Å². The fraction of sp³-hybridized carbons (Fsp3) is 0.364. The Morgan fingerprint density at radius 3 is 2.79 bits per heavy atom. The second kappa shape index (κ2) is 8.13. The summed E-state index contributed by atoms with van der Waals surface area (Å²) in [6, 6.07) is 8.23. The fourth-order valence-corrected chi connectivity index (χ4v) is 4.00. The van der Waals surface area contributed by atoms with Gasteiger partial charge in [0.2, 0.25) is 0 Å². The minimum atomic E-state index is -0.180. The van der Waals surface area contributed by atoms with E-state index in [1.165, 1.54) is 5.56 Å². The normalized spacial score (nSPS) is 16.9. The Morgan fingerprint density at radius 2 is 2.10 bits per heavy atom.